The summed E-state index contributed by atoms with van der Waals surface area (Å²) in [6.07, 6.45) is 3.08. The van der Waals surface area contributed by atoms with Crippen LogP contribution in [0.3, 0.4) is 0 Å². The Labute approximate surface area is 136 Å². The third-order valence-electron chi connectivity index (χ3n) is 4.57. The Morgan fingerprint density at radius 3 is 2.43 bits per heavy atom. The van der Waals surface area contributed by atoms with E-state index in [4.69, 9.17) is 5.26 Å². The van der Waals surface area contributed by atoms with Crippen molar-refractivity contribution in [3.8, 4) is 6.07 Å². The molecule has 0 radical (unpaired) electrons. The van der Waals surface area contributed by atoms with Gasteiger partial charge in [-0.05, 0) is 36.6 Å². The topological polar surface area (TPSA) is 70.0 Å². The monoisotopic (exact) mass is 326 g/mol. The fourth-order valence-electron chi connectivity index (χ4n) is 3.01. The van der Waals surface area contributed by atoms with Crippen molar-refractivity contribution in [2.75, 3.05) is 6.54 Å². The molecule has 3 rings (SSSR count). The van der Waals surface area contributed by atoms with E-state index in [0.29, 0.717) is 12.1 Å². The molecule has 0 saturated heterocycles. The van der Waals surface area contributed by atoms with Crippen LogP contribution in [0.2, 0.25) is 0 Å². The van der Waals surface area contributed by atoms with Gasteiger partial charge in [-0.2, -0.15) is 5.26 Å². The first kappa shape index (κ1) is 15.7. The van der Waals surface area contributed by atoms with E-state index in [-0.39, 0.29) is 10.3 Å². The van der Waals surface area contributed by atoms with E-state index < -0.39 is 10.0 Å². The van der Waals surface area contributed by atoms with Crippen LogP contribution in [0.5, 0.6) is 0 Å². The Morgan fingerprint density at radius 2 is 1.83 bits per heavy atom. The summed E-state index contributed by atoms with van der Waals surface area (Å²) in [5.74, 6) is 0. The third-order valence-corrected chi connectivity index (χ3v) is 5.97. The summed E-state index contributed by atoms with van der Waals surface area (Å²) >= 11 is 0. The second kappa shape index (κ2) is 6.15. The van der Waals surface area contributed by atoms with Gasteiger partial charge in [0.1, 0.15) is 0 Å². The molecule has 118 valence electrons. The number of rotatable bonds is 5. The number of hydrogen-bond acceptors (Lipinski definition) is 3. The summed E-state index contributed by atoms with van der Waals surface area (Å²) in [5.41, 5.74) is 1.41. The predicted octanol–water partition coefficient (Wildman–Crippen LogP) is 2.96. The van der Waals surface area contributed by atoms with Gasteiger partial charge in [0.15, 0.2) is 0 Å². The van der Waals surface area contributed by atoms with E-state index in [1.165, 1.54) is 17.7 Å². The van der Waals surface area contributed by atoms with Gasteiger partial charge in [0.2, 0.25) is 10.0 Å². The molecule has 0 unspecified atom stereocenters. The summed E-state index contributed by atoms with van der Waals surface area (Å²) in [6.45, 7) is 0.385. The smallest absolute Gasteiger partial charge is 0.210 e. The molecule has 1 aliphatic rings. The molecule has 1 fully saturated rings. The molecule has 23 heavy (non-hydrogen) atoms. The highest BCUT2D eigenvalue weighted by Crippen LogP contribution is 2.43. The quantitative estimate of drug-likeness (QED) is 0.918. The van der Waals surface area contributed by atoms with Gasteiger partial charge in [-0.3, -0.25) is 0 Å². The summed E-state index contributed by atoms with van der Waals surface area (Å²) in [6, 6.07) is 18.1. The lowest BCUT2D eigenvalue weighted by Gasteiger charge is -2.42. The van der Waals surface area contributed by atoms with Crippen LogP contribution in [0.25, 0.3) is 0 Å². The average Bonchev–Trinajstić information content (AvgIpc) is 2.55. The van der Waals surface area contributed by atoms with Crippen LogP contribution in [-0.4, -0.2) is 15.0 Å². The van der Waals surface area contributed by atoms with Crippen molar-refractivity contribution in [3.05, 3.63) is 65.7 Å². The second-order valence-corrected chi connectivity index (χ2v) is 7.73. The van der Waals surface area contributed by atoms with Crippen molar-refractivity contribution in [1.82, 2.24) is 4.72 Å². The minimum atomic E-state index is -3.61. The number of hydrogen-bond donors (Lipinski definition) is 1. The van der Waals surface area contributed by atoms with Gasteiger partial charge in [-0.25, -0.2) is 13.1 Å². The molecule has 0 spiro atoms. The molecule has 0 heterocycles. The van der Waals surface area contributed by atoms with Crippen molar-refractivity contribution in [2.45, 2.75) is 29.6 Å². The molecule has 1 N–H and O–H groups in total. The lowest BCUT2D eigenvalue weighted by molar-refractivity contribution is 0.245. The second-order valence-electron chi connectivity index (χ2n) is 5.96. The van der Waals surface area contributed by atoms with Crippen molar-refractivity contribution < 1.29 is 8.42 Å². The minimum absolute atomic E-state index is 0.110. The van der Waals surface area contributed by atoms with E-state index in [0.717, 1.165) is 19.3 Å². The van der Waals surface area contributed by atoms with Crippen LogP contribution in [0.4, 0.5) is 0 Å². The van der Waals surface area contributed by atoms with E-state index in [1.54, 1.807) is 12.1 Å². The fourth-order valence-corrected chi connectivity index (χ4v) is 4.18. The van der Waals surface area contributed by atoms with Crippen LogP contribution in [0, 0.1) is 11.3 Å². The van der Waals surface area contributed by atoms with Gasteiger partial charge < -0.3 is 0 Å². The van der Waals surface area contributed by atoms with Crippen LogP contribution < -0.4 is 4.72 Å². The Bertz CT molecular complexity index is 835. The van der Waals surface area contributed by atoms with Gasteiger partial charge >= 0.3 is 0 Å². The molecule has 2 aromatic rings. The zero-order valence-corrected chi connectivity index (χ0v) is 13.5. The summed E-state index contributed by atoms with van der Waals surface area (Å²) in [7, 11) is -3.61. The molecule has 0 bridgehead atoms. The van der Waals surface area contributed by atoms with Crippen molar-refractivity contribution in [1.29, 1.82) is 5.26 Å². The SMILES string of the molecule is N#Cc1cccc(S(=O)(=O)NCC2(c3ccccc3)CCC2)c1. The highest BCUT2D eigenvalue weighted by atomic mass is 32.2. The molecule has 2 aromatic carbocycles. The molecule has 0 aliphatic heterocycles. The molecule has 1 saturated carbocycles. The van der Waals surface area contributed by atoms with Gasteiger partial charge in [0.05, 0.1) is 16.5 Å². The zero-order chi connectivity index (χ0) is 16.3. The van der Waals surface area contributed by atoms with Crippen molar-refractivity contribution >= 4 is 10.0 Å². The third kappa shape index (κ3) is 3.14. The Hall–Kier alpha value is -2.16. The maximum Gasteiger partial charge on any atom is 0.240 e. The Kier molecular flexibility index (Phi) is 4.20. The molecule has 0 amide bonds. The Morgan fingerprint density at radius 1 is 1.09 bits per heavy atom. The van der Waals surface area contributed by atoms with Crippen LogP contribution >= 0.6 is 0 Å². The Balaban J connectivity index is 1.80. The van der Waals surface area contributed by atoms with Gasteiger partial charge in [0, 0.05) is 12.0 Å². The highest BCUT2D eigenvalue weighted by molar-refractivity contribution is 7.89. The number of sulfonamides is 1. The first-order valence-corrected chi connectivity index (χ1v) is 9.09. The number of benzene rings is 2. The van der Waals surface area contributed by atoms with E-state index in [1.807, 2.05) is 24.3 Å². The summed E-state index contributed by atoms with van der Waals surface area (Å²) in [5, 5.41) is 8.92. The van der Waals surface area contributed by atoms with Crippen LogP contribution in [-0.2, 0) is 15.4 Å². The lowest BCUT2D eigenvalue weighted by Crippen LogP contribution is -2.45. The zero-order valence-electron chi connectivity index (χ0n) is 12.7. The largest absolute Gasteiger partial charge is 0.240 e. The van der Waals surface area contributed by atoms with Gasteiger partial charge in [-0.15, -0.1) is 0 Å². The molecular weight excluding hydrogens is 308 g/mol. The predicted molar refractivity (Wildman–Crippen MR) is 88.3 cm³/mol. The normalized spacial score (nSPS) is 16.3. The molecule has 1 aliphatic carbocycles. The van der Waals surface area contributed by atoms with Crippen molar-refractivity contribution in [3.63, 3.8) is 0 Å². The van der Waals surface area contributed by atoms with Gasteiger partial charge in [0.25, 0.3) is 0 Å². The summed E-state index contributed by atoms with van der Waals surface area (Å²) < 4.78 is 27.7. The minimum Gasteiger partial charge on any atom is -0.210 e. The number of nitriles is 1. The molecular formula is C18H18N2O2S. The average molecular weight is 326 g/mol. The maximum atomic E-state index is 12.5. The van der Waals surface area contributed by atoms with Gasteiger partial charge in [-0.1, -0.05) is 42.8 Å². The standard InChI is InChI=1S/C18H18N2O2S/c19-13-15-6-4-9-17(12-15)23(21,22)20-14-18(10-5-11-18)16-7-2-1-3-8-16/h1-4,6-9,12,20H,5,10-11,14H2. The molecule has 5 heteroatoms. The lowest BCUT2D eigenvalue weighted by atomic mass is 9.64. The molecule has 0 aromatic heterocycles. The molecule has 0 atom stereocenters. The first-order chi connectivity index (χ1) is 11.1. The number of nitrogens with one attached hydrogen (secondary N) is 1. The number of nitrogens with zero attached hydrogens (tertiary/aromatic N) is 1. The fraction of sp³-hybridized carbons (Fsp3) is 0.278. The van der Waals surface area contributed by atoms with E-state index in [2.05, 4.69) is 16.9 Å². The molecule has 4 nitrogen and oxygen atoms in total. The van der Waals surface area contributed by atoms with Crippen LogP contribution in [0.15, 0.2) is 59.5 Å². The summed E-state index contributed by atoms with van der Waals surface area (Å²) in [4.78, 5) is 0.138. The first-order valence-electron chi connectivity index (χ1n) is 7.61. The van der Waals surface area contributed by atoms with E-state index in [9.17, 15) is 8.42 Å². The van der Waals surface area contributed by atoms with Crippen molar-refractivity contribution in [2.24, 2.45) is 0 Å². The van der Waals surface area contributed by atoms with Crippen LogP contribution in [0.1, 0.15) is 30.4 Å². The highest BCUT2D eigenvalue weighted by Gasteiger charge is 2.39. The maximum absolute atomic E-state index is 12.5. The van der Waals surface area contributed by atoms with E-state index >= 15 is 0 Å².